The zero-order valence-corrected chi connectivity index (χ0v) is 19.1. The van der Waals surface area contributed by atoms with E-state index in [0.717, 1.165) is 49.8 Å². The molecule has 3 rings (SSSR count). The fraction of sp³-hybridized carbons (Fsp3) is 0.158. The molecule has 33 heavy (non-hydrogen) atoms. The van der Waals surface area contributed by atoms with E-state index in [9.17, 15) is 30.8 Å². The average Bonchev–Trinajstić information content (AvgIpc) is 3.22. The molecule has 0 spiro atoms. The van der Waals surface area contributed by atoms with Crippen LogP contribution in [0.15, 0.2) is 35.7 Å². The first-order valence-corrected chi connectivity index (χ1v) is 11.1. The molecule has 176 valence electrons. The summed E-state index contributed by atoms with van der Waals surface area (Å²) in [5, 5.41) is 0.889. The van der Waals surface area contributed by atoms with Crippen LogP contribution in [0.1, 0.15) is 15.9 Å². The third-order valence-electron chi connectivity index (χ3n) is 4.29. The van der Waals surface area contributed by atoms with Crippen molar-refractivity contribution in [3.63, 3.8) is 0 Å². The second-order valence-corrected chi connectivity index (χ2v) is 8.41. The quantitative estimate of drug-likeness (QED) is 0.275. The van der Waals surface area contributed by atoms with E-state index in [1.54, 1.807) is 0 Å². The van der Waals surface area contributed by atoms with Crippen molar-refractivity contribution >= 4 is 51.3 Å². The van der Waals surface area contributed by atoms with E-state index in [1.807, 2.05) is 0 Å². The molecule has 0 unspecified atom stereocenters. The van der Waals surface area contributed by atoms with Gasteiger partial charge in [0.15, 0.2) is 5.82 Å². The van der Waals surface area contributed by atoms with Crippen molar-refractivity contribution in [3.8, 4) is 16.3 Å². The highest BCUT2D eigenvalue weighted by Crippen LogP contribution is 2.42. The molecule has 7 nitrogen and oxygen atoms in total. The van der Waals surface area contributed by atoms with Crippen LogP contribution in [0.2, 0.25) is 5.02 Å². The van der Waals surface area contributed by atoms with Crippen molar-refractivity contribution in [2.45, 2.75) is 6.18 Å². The van der Waals surface area contributed by atoms with E-state index >= 15 is 0 Å². The average molecular weight is 525 g/mol. The first-order chi connectivity index (χ1) is 15.5. The maximum atomic E-state index is 14.5. The summed E-state index contributed by atoms with van der Waals surface area (Å²) in [6, 6.07) is 4.74. The molecular formula is C19H13ClF4N2O5S2. The minimum atomic E-state index is -4.74. The lowest BCUT2D eigenvalue weighted by atomic mass is 10.1. The number of carbonyl (C=O) groups is 1. The fourth-order valence-corrected chi connectivity index (χ4v) is 4.54. The van der Waals surface area contributed by atoms with Gasteiger partial charge in [0.2, 0.25) is 10.9 Å². The van der Waals surface area contributed by atoms with Crippen molar-refractivity contribution in [1.29, 1.82) is 0 Å². The maximum Gasteiger partial charge on any atom is 0.417 e. The summed E-state index contributed by atoms with van der Waals surface area (Å²) < 4.78 is 89.1. The van der Waals surface area contributed by atoms with Gasteiger partial charge in [-0.1, -0.05) is 11.6 Å². The number of anilines is 2. The summed E-state index contributed by atoms with van der Waals surface area (Å²) in [6.45, 7) is 0. The van der Waals surface area contributed by atoms with Crippen molar-refractivity contribution in [1.82, 2.24) is 4.98 Å². The maximum absolute atomic E-state index is 14.5. The van der Waals surface area contributed by atoms with E-state index < -0.39 is 40.0 Å². The number of carbonyl (C=O) groups excluding carboxylic acids is 1. The van der Waals surface area contributed by atoms with Crippen molar-refractivity contribution in [2.75, 3.05) is 18.5 Å². The van der Waals surface area contributed by atoms with E-state index in [1.165, 1.54) is 11.4 Å². The summed E-state index contributed by atoms with van der Waals surface area (Å²) in [6.07, 6.45) is -4.74. The van der Waals surface area contributed by atoms with Gasteiger partial charge < -0.3 is 9.47 Å². The highest BCUT2D eigenvalue weighted by atomic mass is 35.5. The molecular weight excluding hydrogens is 512 g/mol. The molecule has 0 aliphatic rings. The molecule has 0 radical (unpaired) electrons. The van der Waals surface area contributed by atoms with Crippen LogP contribution in [-0.2, 0) is 21.8 Å². The lowest BCUT2D eigenvalue weighted by Gasteiger charge is -2.19. The van der Waals surface area contributed by atoms with Crippen molar-refractivity contribution < 1.29 is 40.2 Å². The van der Waals surface area contributed by atoms with E-state index in [2.05, 4.69) is 9.72 Å². The van der Waals surface area contributed by atoms with E-state index in [-0.39, 0.29) is 32.8 Å². The summed E-state index contributed by atoms with van der Waals surface area (Å²) in [7, 11) is -1.31. The Morgan fingerprint density at radius 3 is 2.45 bits per heavy atom. The first-order valence-electron chi connectivity index (χ1n) is 8.70. The second kappa shape index (κ2) is 9.53. The SMILES string of the molecule is COC(=O)c1cc(OC)c(N(c2csc(-c3ccc(Cl)cc3C(F)(F)F)n2)[SH](=O)=O)cc1F. The third kappa shape index (κ3) is 5.04. The zero-order valence-electron chi connectivity index (χ0n) is 16.6. The molecule has 14 heteroatoms. The van der Waals surface area contributed by atoms with Gasteiger partial charge in [-0.3, -0.25) is 0 Å². The zero-order chi connectivity index (χ0) is 24.5. The first kappa shape index (κ1) is 24.7. The minimum Gasteiger partial charge on any atom is -0.495 e. The smallest absolute Gasteiger partial charge is 0.417 e. The Hall–Kier alpha value is -2.90. The predicted molar refractivity (Wildman–Crippen MR) is 114 cm³/mol. The molecule has 2 aromatic carbocycles. The van der Waals surface area contributed by atoms with Crippen LogP contribution in [0.4, 0.5) is 29.1 Å². The number of rotatable bonds is 6. The van der Waals surface area contributed by atoms with Gasteiger partial charge >= 0.3 is 12.1 Å². The molecule has 0 N–H and O–H groups in total. The van der Waals surface area contributed by atoms with Crippen molar-refractivity contribution in [3.05, 3.63) is 57.7 Å². The molecule has 0 aliphatic carbocycles. The number of alkyl halides is 3. The third-order valence-corrected chi connectivity index (χ3v) is 6.14. The summed E-state index contributed by atoms with van der Waals surface area (Å²) in [5.74, 6) is -2.65. The predicted octanol–water partition coefficient (Wildman–Crippen LogP) is 5.08. The summed E-state index contributed by atoms with van der Waals surface area (Å²) in [4.78, 5) is 15.7. The van der Waals surface area contributed by atoms with Crippen LogP contribution in [0.5, 0.6) is 5.75 Å². The van der Waals surface area contributed by atoms with Gasteiger partial charge in [-0.2, -0.15) is 13.2 Å². The monoisotopic (exact) mass is 524 g/mol. The number of thiazole rings is 1. The van der Waals surface area contributed by atoms with Gasteiger partial charge in [0.25, 0.3) is 0 Å². The molecule has 1 heterocycles. The number of methoxy groups -OCH3 is 2. The summed E-state index contributed by atoms with van der Waals surface area (Å²) in [5.41, 5.74) is -2.22. The largest absolute Gasteiger partial charge is 0.495 e. The Bertz CT molecular complexity index is 1290. The number of nitrogens with zero attached hydrogens (tertiary/aromatic N) is 2. The lowest BCUT2D eigenvalue weighted by molar-refractivity contribution is -0.137. The molecule has 0 atom stereocenters. The number of hydrogen-bond donors (Lipinski definition) is 1. The molecule has 0 bridgehead atoms. The van der Waals surface area contributed by atoms with Crippen LogP contribution >= 0.6 is 22.9 Å². The van der Waals surface area contributed by atoms with Gasteiger partial charge in [0, 0.05) is 22.0 Å². The molecule has 0 saturated carbocycles. The van der Waals surface area contributed by atoms with Crippen LogP contribution in [0.3, 0.4) is 0 Å². The number of ether oxygens (including phenoxy) is 2. The topological polar surface area (TPSA) is 85.8 Å². The van der Waals surface area contributed by atoms with Crippen LogP contribution in [0, 0.1) is 5.82 Å². The molecule has 0 aliphatic heterocycles. The van der Waals surface area contributed by atoms with Crippen LogP contribution in [-0.4, -0.2) is 33.6 Å². The molecule has 3 aromatic rings. The van der Waals surface area contributed by atoms with Gasteiger partial charge in [-0.15, -0.1) is 11.3 Å². The lowest BCUT2D eigenvalue weighted by Crippen LogP contribution is -2.17. The van der Waals surface area contributed by atoms with Gasteiger partial charge in [0.05, 0.1) is 25.3 Å². The van der Waals surface area contributed by atoms with Crippen molar-refractivity contribution in [2.24, 2.45) is 0 Å². The number of thiol groups is 1. The number of esters is 1. The Kier molecular flexibility index (Phi) is 7.14. The standard InChI is InChI=1S/C19H13ClF4N2O5S2/c1-30-15-6-11(18(27)31-2)13(21)7-14(15)26(33(28)29)16-8-32-17(25-16)10-4-3-9(20)5-12(10)19(22,23)24/h3-8,33H,1-2H3. The molecule has 1 aromatic heterocycles. The van der Waals surface area contributed by atoms with Gasteiger partial charge in [0.1, 0.15) is 22.3 Å². The Morgan fingerprint density at radius 2 is 1.88 bits per heavy atom. The number of benzene rings is 2. The molecule has 0 amide bonds. The molecule has 0 saturated heterocycles. The fourth-order valence-electron chi connectivity index (χ4n) is 2.86. The van der Waals surface area contributed by atoms with Crippen LogP contribution < -0.4 is 9.04 Å². The summed E-state index contributed by atoms with van der Waals surface area (Å²) >= 11 is 6.43. The number of hydrogen-bond acceptors (Lipinski definition) is 7. The highest BCUT2D eigenvalue weighted by molar-refractivity contribution is 7.74. The second-order valence-electron chi connectivity index (χ2n) is 6.24. The van der Waals surface area contributed by atoms with E-state index in [4.69, 9.17) is 16.3 Å². The van der Waals surface area contributed by atoms with E-state index in [0.29, 0.717) is 4.31 Å². The Balaban J connectivity index is 2.15. The molecule has 0 fully saturated rings. The Labute approximate surface area is 195 Å². The number of halogens is 5. The minimum absolute atomic E-state index is 0.141. The Morgan fingerprint density at radius 1 is 1.18 bits per heavy atom. The van der Waals surface area contributed by atoms with Gasteiger partial charge in [-0.25, -0.2) is 26.9 Å². The highest BCUT2D eigenvalue weighted by Gasteiger charge is 2.35. The normalized spacial score (nSPS) is 11.5. The number of aromatic nitrogens is 1. The van der Waals surface area contributed by atoms with Gasteiger partial charge in [-0.05, 0) is 24.3 Å². The van der Waals surface area contributed by atoms with Crippen LogP contribution in [0.25, 0.3) is 10.6 Å².